The van der Waals surface area contributed by atoms with Crippen molar-refractivity contribution in [3.05, 3.63) is 53.9 Å². The molecule has 0 saturated heterocycles. The van der Waals surface area contributed by atoms with Crippen molar-refractivity contribution < 1.29 is 14.1 Å². The van der Waals surface area contributed by atoms with Gasteiger partial charge in [0.1, 0.15) is 17.5 Å². The number of nitrogens with one attached hydrogen (secondary N) is 1. The summed E-state index contributed by atoms with van der Waals surface area (Å²) in [5.41, 5.74) is 1.76. The van der Waals surface area contributed by atoms with Crippen LogP contribution in [0.15, 0.2) is 41.2 Å². The monoisotopic (exact) mass is 339 g/mol. The van der Waals surface area contributed by atoms with Gasteiger partial charge in [-0.15, -0.1) is 0 Å². The number of hydrogen-bond acceptors (Lipinski definition) is 7. The summed E-state index contributed by atoms with van der Waals surface area (Å²) < 4.78 is 10.4. The molecule has 0 aliphatic heterocycles. The molecule has 25 heavy (non-hydrogen) atoms. The van der Waals surface area contributed by atoms with Gasteiger partial charge in [-0.3, -0.25) is 9.78 Å². The molecule has 0 saturated carbocycles. The lowest BCUT2D eigenvalue weighted by Gasteiger charge is -2.08. The number of ether oxygens (including phenoxy) is 1. The van der Waals surface area contributed by atoms with E-state index in [2.05, 4.69) is 25.4 Å². The first-order valence-electron chi connectivity index (χ1n) is 7.64. The van der Waals surface area contributed by atoms with Crippen LogP contribution in [0.25, 0.3) is 11.4 Å². The molecule has 0 bridgehead atoms. The Kier molecular flexibility index (Phi) is 4.69. The minimum Gasteiger partial charge on any atom is -0.497 e. The molecule has 0 unspecified atom stereocenters. The van der Waals surface area contributed by atoms with Gasteiger partial charge in [0.05, 0.1) is 19.0 Å². The number of methoxy groups -OCH3 is 1. The largest absolute Gasteiger partial charge is 0.497 e. The Morgan fingerprint density at radius 1 is 1.20 bits per heavy atom. The molecular weight excluding hydrogens is 322 g/mol. The Hall–Kier alpha value is -3.29. The van der Waals surface area contributed by atoms with Crippen LogP contribution in [0.5, 0.6) is 5.75 Å². The van der Waals surface area contributed by atoms with E-state index in [0.29, 0.717) is 11.7 Å². The van der Waals surface area contributed by atoms with E-state index in [4.69, 9.17) is 9.26 Å². The molecule has 128 valence electrons. The normalized spacial score (nSPS) is 11.8. The van der Waals surface area contributed by atoms with Gasteiger partial charge in [0.15, 0.2) is 0 Å². The van der Waals surface area contributed by atoms with E-state index in [9.17, 15) is 4.79 Å². The molecule has 0 aliphatic carbocycles. The molecule has 0 spiro atoms. The van der Waals surface area contributed by atoms with Gasteiger partial charge in [-0.2, -0.15) is 4.98 Å². The summed E-state index contributed by atoms with van der Waals surface area (Å²) in [6.07, 6.45) is 2.96. The van der Waals surface area contributed by atoms with Gasteiger partial charge in [0.2, 0.25) is 11.7 Å². The third-order valence-corrected chi connectivity index (χ3v) is 3.52. The van der Waals surface area contributed by atoms with Crippen LogP contribution >= 0.6 is 0 Å². The lowest BCUT2D eigenvalue weighted by molar-refractivity contribution is 0.0927. The second-order valence-corrected chi connectivity index (χ2v) is 5.42. The number of nitrogens with zero attached hydrogens (tertiary/aromatic N) is 4. The molecule has 3 aromatic rings. The van der Waals surface area contributed by atoms with Gasteiger partial charge in [0, 0.05) is 11.8 Å². The maximum Gasteiger partial charge on any atom is 0.272 e. The van der Waals surface area contributed by atoms with Crippen molar-refractivity contribution >= 4 is 5.91 Å². The van der Waals surface area contributed by atoms with Crippen LogP contribution in [0.3, 0.4) is 0 Å². The van der Waals surface area contributed by atoms with Gasteiger partial charge < -0.3 is 14.6 Å². The topological polar surface area (TPSA) is 103 Å². The smallest absolute Gasteiger partial charge is 0.272 e. The van der Waals surface area contributed by atoms with E-state index >= 15 is 0 Å². The number of benzene rings is 1. The van der Waals surface area contributed by atoms with Crippen molar-refractivity contribution in [2.45, 2.75) is 19.9 Å². The Morgan fingerprint density at radius 3 is 2.60 bits per heavy atom. The summed E-state index contributed by atoms with van der Waals surface area (Å²) in [5, 5.41) is 6.71. The number of rotatable bonds is 5. The predicted octanol–water partition coefficient (Wildman–Crippen LogP) is 2.33. The Labute approximate surface area is 144 Å². The summed E-state index contributed by atoms with van der Waals surface area (Å²) in [5.74, 6) is 1.13. The van der Waals surface area contributed by atoms with E-state index in [1.54, 1.807) is 21.0 Å². The lowest BCUT2D eigenvalue weighted by atomic mass is 10.2. The molecule has 1 N–H and O–H groups in total. The first-order chi connectivity index (χ1) is 12.1. The fourth-order valence-electron chi connectivity index (χ4n) is 2.11. The average molecular weight is 339 g/mol. The second kappa shape index (κ2) is 7.08. The number of aromatic nitrogens is 4. The van der Waals surface area contributed by atoms with Crippen LogP contribution in [-0.2, 0) is 0 Å². The van der Waals surface area contributed by atoms with Gasteiger partial charge in [-0.1, -0.05) is 5.16 Å². The first kappa shape index (κ1) is 16.6. The zero-order valence-corrected chi connectivity index (χ0v) is 14.1. The van der Waals surface area contributed by atoms with Crippen LogP contribution in [0.4, 0.5) is 0 Å². The van der Waals surface area contributed by atoms with Crippen LogP contribution in [0.1, 0.15) is 35.0 Å². The van der Waals surface area contributed by atoms with Gasteiger partial charge >= 0.3 is 0 Å². The maximum absolute atomic E-state index is 12.2. The molecule has 2 aromatic heterocycles. The highest BCUT2D eigenvalue weighted by Crippen LogP contribution is 2.21. The fraction of sp³-hybridized carbons (Fsp3) is 0.235. The van der Waals surface area contributed by atoms with E-state index in [1.807, 2.05) is 24.3 Å². The highest BCUT2D eigenvalue weighted by molar-refractivity contribution is 5.92. The molecule has 0 radical (unpaired) electrons. The predicted molar refractivity (Wildman–Crippen MR) is 88.9 cm³/mol. The quantitative estimate of drug-likeness (QED) is 0.761. The molecule has 3 rings (SSSR count). The molecule has 0 fully saturated rings. The summed E-state index contributed by atoms with van der Waals surface area (Å²) in [7, 11) is 1.60. The molecular formula is C17H17N5O3. The SMILES string of the molecule is COc1ccc(-c2noc([C@H](C)NC(=O)c3cnc(C)cn3)n2)cc1. The van der Waals surface area contributed by atoms with Crippen molar-refractivity contribution in [3.63, 3.8) is 0 Å². The number of aryl methyl sites for hydroxylation is 1. The Bertz CT molecular complexity index is 859. The zero-order valence-electron chi connectivity index (χ0n) is 14.1. The fourth-order valence-corrected chi connectivity index (χ4v) is 2.11. The van der Waals surface area contributed by atoms with Crippen LogP contribution < -0.4 is 10.1 Å². The summed E-state index contributed by atoms with van der Waals surface area (Å²) in [4.78, 5) is 24.6. The van der Waals surface area contributed by atoms with Gasteiger partial charge in [-0.25, -0.2) is 4.98 Å². The maximum atomic E-state index is 12.2. The molecule has 0 aliphatic rings. The van der Waals surface area contributed by atoms with Gasteiger partial charge in [0.25, 0.3) is 5.91 Å². The molecule has 8 nitrogen and oxygen atoms in total. The molecule has 8 heteroatoms. The van der Waals surface area contributed by atoms with E-state index in [1.165, 1.54) is 12.4 Å². The summed E-state index contributed by atoms with van der Waals surface area (Å²) in [6.45, 7) is 3.56. The third kappa shape index (κ3) is 3.79. The summed E-state index contributed by atoms with van der Waals surface area (Å²) in [6, 6.07) is 6.83. The molecule has 1 amide bonds. The molecule has 2 heterocycles. The minimum atomic E-state index is -0.463. The highest BCUT2D eigenvalue weighted by atomic mass is 16.5. The number of carbonyl (C=O) groups is 1. The average Bonchev–Trinajstić information content (AvgIpc) is 3.12. The lowest BCUT2D eigenvalue weighted by Crippen LogP contribution is -2.27. The number of carbonyl (C=O) groups excluding carboxylic acids is 1. The van der Waals surface area contributed by atoms with Crippen molar-refractivity contribution in [1.29, 1.82) is 0 Å². The first-order valence-corrected chi connectivity index (χ1v) is 7.64. The third-order valence-electron chi connectivity index (χ3n) is 3.52. The van der Waals surface area contributed by atoms with Crippen molar-refractivity contribution in [3.8, 4) is 17.1 Å². The number of hydrogen-bond donors (Lipinski definition) is 1. The standard InChI is InChI=1S/C17H17N5O3/c1-10-8-19-14(9-18-10)16(23)20-11(2)17-21-15(22-25-17)12-4-6-13(24-3)7-5-12/h4-9,11H,1-3H3,(H,20,23)/t11-/m0/s1. The molecule has 1 atom stereocenters. The number of amides is 1. The van der Waals surface area contributed by atoms with Crippen molar-refractivity contribution in [1.82, 2.24) is 25.4 Å². The van der Waals surface area contributed by atoms with E-state index < -0.39 is 6.04 Å². The Balaban J connectivity index is 1.70. The van der Waals surface area contributed by atoms with E-state index in [0.717, 1.165) is 17.0 Å². The van der Waals surface area contributed by atoms with Crippen molar-refractivity contribution in [2.24, 2.45) is 0 Å². The van der Waals surface area contributed by atoms with Gasteiger partial charge in [-0.05, 0) is 38.1 Å². The van der Waals surface area contributed by atoms with Crippen LogP contribution in [0, 0.1) is 6.92 Å². The zero-order chi connectivity index (χ0) is 17.8. The van der Waals surface area contributed by atoms with E-state index in [-0.39, 0.29) is 11.6 Å². The van der Waals surface area contributed by atoms with Crippen LogP contribution in [0.2, 0.25) is 0 Å². The molecule has 1 aromatic carbocycles. The Morgan fingerprint density at radius 2 is 1.96 bits per heavy atom. The summed E-state index contributed by atoms with van der Waals surface area (Å²) >= 11 is 0. The minimum absolute atomic E-state index is 0.229. The van der Waals surface area contributed by atoms with Crippen LogP contribution in [-0.4, -0.2) is 33.1 Å². The van der Waals surface area contributed by atoms with Crippen molar-refractivity contribution in [2.75, 3.05) is 7.11 Å². The second-order valence-electron chi connectivity index (χ2n) is 5.42. The highest BCUT2D eigenvalue weighted by Gasteiger charge is 2.19.